The summed E-state index contributed by atoms with van der Waals surface area (Å²) in [6, 6.07) is 30.6. The molecular formula is C30H29N3O4S. The third-order valence-electron chi connectivity index (χ3n) is 5.87. The number of carbonyl (C=O) groups excluding carboxylic acids is 2. The Hall–Kier alpha value is -4.43. The number of carbonyl (C=O) groups is 2. The van der Waals surface area contributed by atoms with Gasteiger partial charge in [-0.25, -0.2) is 8.42 Å². The Morgan fingerprint density at radius 3 is 1.97 bits per heavy atom. The van der Waals surface area contributed by atoms with Crippen LogP contribution in [0.2, 0.25) is 0 Å². The molecule has 2 N–H and O–H groups in total. The van der Waals surface area contributed by atoms with Gasteiger partial charge >= 0.3 is 0 Å². The Balaban J connectivity index is 1.74. The van der Waals surface area contributed by atoms with Gasteiger partial charge in [-0.05, 0) is 48.4 Å². The molecule has 38 heavy (non-hydrogen) atoms. The molecule has 2 amide bonds. The van der Waals surface area contributed by atoms with E-state index in [1.54, 1.807) is 66.7 Å². The lowest BCUT2D eigenvalue weighted by atomic mass is 10.1. The van der Waals surface area contributed by atoms with Crippen LogP contribution >= 0.6 is 0 Å². The second-order valence-corrected chi connectivity index (χ2v) is 10.4. The average molecular weight is 528 g/mol. The minimum atomic E-state index is -4.02. The third-order valence-corrected chi connectivity index (χ3v) is 7.65. The van der Waals surface area contributed by atoms with Gasteiger partial charge in [0.05, 0.1) is 33.9 Å². The first kappa shape index (κ1) is 26.6. The van der Waals surface area contributed by atoms with Gasteiger partial charge in [0, 0.05) is 6.54 Å². The maximum Gasteiger partial charge on any atom is 0.264 e. The lowest BCUT2D eigenvalue weighted by Gasteiger charge is -2.26. The number of hydrogen-bond donors (Lipinski definition) is 2. The maximum atomic E-state index is 13.9. The van der Waals surface area contributed by atoms with Gasteiger partial charge in [0.25, 0.3) is 21.8 Å². The van der Waals surface area contributed by atoms with Crippen LogP contribution in [0, 0.1) is 0 Å². The number of amides is 2. The molecule has 0 aliphatic heterocycles. The van der Waals surface area contributed by atoms with Crippen LogP contribution in [0.15, 0.2) is 114 Å². The summed E-state index contributed by atoms with van der Waals surface area (Å²) in [5.41, 5.74) is 1.81. The molecule has 0 saturated heterocycles. The van der Waals surface area contributed by atoms with Crippen LogP contribution in [0.3, 0.4) is 0 Å². The molecule has 0 bridgehead atoms. The first-order valence-electron chi connectivity index (χ1n) is 12.3. The Labute approximate surface area is 223 Å². The van der Waals surface area contributed by atoms with Crippen LogP contribution in [0.4, 0.5) is 11.4 Å². The summed E-state index contributed by atoms with van der Waals surface area (Å²) < 4.78 is 29.0. The lowest BCUT2D eigenvalue weighted by molar-refractivity contribution is 0.0954. The third kappa shape index (κ3) is 6.10. The van der Waals surface area contributed by atoms with Crippen molar-refractivity contribution >= 4 is 33.2 Å². The van der Waals surface area contributed by atoms with E-state index < -0.39 is 15.9 Å². The highest BCUT2D eigenvalue weighted by atomic mass is 32.2. The van der Waals surface area contributed by atoms with Crippen molar-refractivity contribution in [2.24, 2.45) is 0 Å². The van der Waals surface area contributed by atoms with Gasteiger partial charge in [-0.1, -0.05) is 79.7 Å². The van der Waals surface area contributed by atoms with Gasteiger partial charge in [0.1, 0.15) is 0 Å². The molecule has 8 heteroatoms. The smallest absolute Gasteiger partial charge is 0.264 e. The highest BCUT2D eigenvalue weighted by Gasteiger charge is 2.29. The molecular weight excluding hydrogens is 498 g/mol. The fourth-order valence-corrected chi connectivity index (χ4v) is 5.46. The molecule has 0 heterocycles. The summed E-state index contributed by atoms with van der Waals surface area (Å²) in [5, 5.41) is 5.63. The fourth-order valence-electron chi connectivity index (χ4n) is 3.97. The molecule has 0 spiro atoms. The number of sulfonamides is 1. The number of nitrogens with zero attached hydrogens (tertiary/aromatic N) is 1. The van der Waals surface area contributed by atoms with E-state index in [0.717, 1.165) is 12.0 Å². The molecule has 0 atom stereocenters. The van der Waals surface area contributed by atoms with E-state index in [1.165, 1.54) is 16.4 Å². The maximum absolute atomic E-state index is 13.9. The number of rotatable bonds is 10. The van der Waals surface area contributed by atoms with Gasteiger partial charge in [-0.3, -0.25) is 13.9 Å². The van der Waals surface area contributed by atoms with Gasteiger partial charge in [0.15, 0.2) is 0 Å². The van der Waals surface area contributed by atoms with E-state index in [0.29, 0.717) is 17.8 Å². The Kier molecular flexibility index (Phi) is 8.55. The molecule has 0 unspecified atom stereocenters. The molecule has 0 radical (unpaired) electrons. The Morgan fingerprint density at radius 1 is 0.711 bits per heavy atom. The number of nitrogens with one attached hydrogen (secondary N) is 2. The van der Waals surface area contributed by atoms with E-state index in [-0.39, 0.29) is 28.6 Å². The summed E-state index contributed by atoms with van der Waals surface area (Å²) in [4.78, 5) is 26.4. The van der Waals surface area contributed by atoms with Crippen molar-refractivity contribution in [2.45, 2.75) is 24.8 Å². The monoisotopic (exact) mass is 527 g/mol. The zero-order chi connectivity index (χ0) is 27.0. The summed E-state index contributed by atoms with van der Waals surface area (Å²) in [5.74, 6) is -0.828. The van der Waals surface area contributed by atoms with E-state index in [9.17, 15) is 18.0 Å². The summed E-state index contributed by atoms with van der Waals surface area (Å²) in [6.45, 7) is 2.49. The number of benzene rings is 4. The Bertz CT molecular complexity index is 1510. The SMILES string of the molecule is CCCNC(=O)c1ccccc1NC(=O)c1ccccc1N(Cc1ccccc1)S(=O)(=O)c1ccccc1. The minimum absolute atomic E-state index is 0.0262. The Morgan fingerprint density at radius 2 is 1.29 bits per heavy atom. The van der Waals surface area contributed by atoms with E-state index in [4.69, 9.17) is 0 Å². The van der Waals surface area contributed by atoms with E-state index in [1.807, 2.05) is 37.3 Å². The predicted octanol–water partition coefficient (Wildman–Crippen LogP) is 5.47. The fraction of sp³-hybridized carbons (Fsp3) is 0.133. The zero-order valence-corrected chi connectivity index (χ0v) is 21.8. The molecule has 0 aliphatic rings. The van der Waals surface area contributed by atoms with Crippen molar-refractivity contribution in [3.63, 3.8) is 0 Å². The molecule has 0 saturated carbocycles. The predicted molar refractivity (Wildman–Crippen MR) is 150 cm³/mol. The van der Waals surface area contributed by atoms with Gasteiger partial charge in [-0.2, -0.15) is 0 Å². The lowest BCUT2D eigenvalue weighted by Crippen LogP contribution is -2.32. The largest absolute Gasteiger partial charge is 0.352 e. The number of para-hydroxylation sites is 2. The van der Waals surface area contributed by atoms with Crippen molar-refractivity contribution < 1.29 is 18.0 Å². The van der Waals surface area contributed by atoms with Gasteiger partial charge in [0.2, 0.25) is 0 Å². The molecule has 4 rings (SSSR count). The van der Waals surface area contributed by atoms with Crippen LogP contribution in [0.25, 0.3) is 0 Å². The molecule has 0 fully saturated rings. The quantitative estimate of drug-likeness (QED) is 0.286. The molecule has 0 aliphatic carbocycles. The normalized spacial score (nSPS) is 11.0. The average Bonchev–Trinajstić information content (AvgIpc) is 2.96. The van der Waals surface area contributed by atoms with Crippen molar-refractivity contribution in [1.82, 2.24) is 5.32 Å². The molecule has 7 nitrogen and oxygen atoms in total. The topological polar surface area (TPSA) is 95.6 Å². The number of anilines is 2. The van der Waals surface area contributed by atoms with E-state index >= 15 is 0 Å². The summed E-state index contributed by atoms with van der Waals surface area (Å²) in [6.07, 6.45) is 0.779. The molecule has 4 aromatic carbocycles. The first-order chi connectivity index (χ1) is 18.4. The highest BCUT2D eigenvalue weighted by molar-refractivity contribution is 7.92. The summed E-state index contributed by atoms with van der Waals surface area (Å²) >= 11 is 0. The van der Waals surface area contributed by atoms with Crippen LogP contribution in [0.1, 0.15) is 39.6 Å². The van der Waals surface area contributed by atoms with Crippen molar-refractivity contribution in [1.29, 1.82) is 0 Å². The van der Waals surface area contributed by atoms with Crippen molar-refractivity contribution in [3.05, 3.63) is 126 Å². The zero-order valence-electron chi connectivity index (χ0n) is 21.0. The van der Waals surface area contributed by atoms with Crippen LogP contribution in [0.5, 0.6) is 0 Å². The molecule has 4 aromatic rings. The number of hydrogen-bond acceptors (Lipinski definition) is 4. The van der Waals surface area contributed by atoms with Gasteiger partial charge in [-0.15, -0.1) is 0 Å². The highest BCUT2D eigenvalue weighted by Crippen LogP contribution is 2.30. The molecule has 194 valence electrons. The van der Waals surface area contributed by atoms with Crippen molar-refractivity contribution in [2.75, 3.05) is 16.2 Å². The first-order valence-corrected chi connectivity index (χ1v) is 13.7. The minimum Gasteiger partial charge on any atom is -0.352 e. The second-order valence-electron chi connectivity index (χ2n) is 8.58. The molecule has 0 aromatic heterocycles. The van der Waals surface area contributed by atoms with Gasteiger partial charge < -0.3 is 10.6 Å². The van der Waals surface area contributed by atoms with Crippen molar-refractivity contribution in [3.8, 4) is 0 Å². The second kappa shape index (κ2) is 12.2. The summed E-state index contributed by atoms with van der Waals surface area (Å²) in [7, 11) is -4.02. The van der Waals surface area contributed by atoms with Crippen LogP contribution in [-0.4, -0.2) is 26.8 Å². The van der Waals surface area contributed by atoms with Crippen LogP contribution < -0.4 is 14.9 Å². The standard InChI is InChI=1S/C30H29N3O4S/c1-2-21-31-29(34)25-17-9-11-19-27(25)32-30(35)26-18-10-12-20-28(26)33(22-23-13-5-3-6-14-23)38(36,37)24-15-7-4-8-16-24/h3-20H,2,21-22H2,1H3,(H,31,34)(H,32,35). The van der Waals surface area contributed by atoms with E-state index in [2.05, 4.69) is 10.6 Å². The van der Waals surface area contributed by atoms with Crippen LogP contribution in [-0.2, 0) is 16.6 Å².